The second kappa shape index (κ2) is 11.4. The van der Waals surface area contributed by atoms with Crippen LogP contribution in [-0.4, -0.2) is 35.4 Å². The van der Waals surface area contributed by atoms with Crippen molar-refractivity contribution in [1.82, 2.24) is 10.6 Å². The van der Waals surface area contributed by atoms with Gasteiger partial charge in [0.2, 0.25) is 0 Å². The van der Waals surface area contributed by atoms with Gasteiger partial charge in [-0.1, -0.05) is 36.9 Å². The molecular formula is C17H30N2O2Si. The molecule has 0 aromatic heterocycles. The van der Waals surface area contributed by atoms with Crippen molar-refractivity contribution < 1.29 is 8.85 Å². The predicted molar refractivity (Wildman–Crippen MR) is 95.0 cm³/mol. The van der Waals surface area contributed by atoms with Crippen molar-refractivity contribution in [2.75, 3.05) is 26.8 Å². The minimum absolute atomic E-state index is 0.757. The summed E-state index contributed by atoms with van der Waals surface area (Å²) in [6.45, 7) is 9.34. The summed E-state index contributed by atoms with van der Waals surface area (Å²) in [5.41, 5.74) is 1.31. The van der Waals surface area contributed by atoms with E-state index >= 15 is 0 Å². The third-order valence-corrected chi connectivity index (χ3v) is 6.55. The van der Waals surface area contributed by atoms with Crippen LogP contribution < -0.4 is 10.6 Å². The van der Waals surface area contributed by atoms with E-state index < -0.39 is 8.56 Å². The van der Waals surface area contributed by atoms with Gasteiger partial charge in [-0.2, -0.15) is 0 Å². The molecule has 0 saturated heterocycles. The van der Waals surface area contributed by atoms with Gasteiger partial charge in [0.1, 0.15) is 0 Å². The lowest BCUT2D eigenvalue weighted by Gasteiger charge is -2.25. The predicted octanol–water partition coefficient (Wildman–Crippen LogP) is 3.02. The molecule has 124 valence electrons. The lowest BCUT2D eigenvalue weighted by Crippen LogP contribution is -2.38. The molecular weight excluding hydrogens is 292 g/mol. The van der Waals surface area contributed by atoms with Gasteiger partial charge >= 0.3 is 8.56 Å². The number of benzene rings is 1. The normalized spacial score (nSPS) is 13.5. The molecule has 0 radical (unpaired) electrons. The minimum atomic E-state index is -2.00. The topological polar surface area (TPSA) is 42.5 Å². The standard InChI is InChI=1S/C17H30N2O2Si/c1-4-18-13-9-15-22(3,20-2)21-14-8-12-19-16-17-10-6-5-7-11-17/h4-7,10-11,18-19H,1,8-9,12-16H2,2-3H3. The first-order chi connectivity index (χ1) is 10.7. The van der Waals surface area contributed by atoms with Crippen LogP contribution in [-0.2, 0) is 15.4 Å². The molecule has 1 aromatic carbocycles. The molecule has 0 spiro atoms. The van der Waals surface area contributed by atoms with E-state index in [4.69, 9.17) is 8.85 Å². The van der Waals surface area contributed by atoms with Gasteiger partial charge in [0, 0.05) is 26.8 Å². The van der Waals surface area contributed by atoms with Crippen molar-refractivity contribution in [2.45, 2.75) is 32.0 Å². The van der Waals surface area contributed by atoms with Gasteiger partial charge in [-0.15, -0.1) is 0 Å². The zero-order valence-electron chi connectivity index (χ0n) is 13.9. The summed E-state index contributed by atoms with van der Waals surface area (Å²) < 4.78 is 11.7. The summed E-state index contributed by atoms with van der Waals surface area (Å²) in [4.78, 5) is 0. The first-order valence-corrected chi connectivity index (χ1v) is 10.5. The Hall–Kier alpha value is -1.14. The summed E-state index contributed by atoms with van der Waals surface area (Å²) in [6, 6.07) is 11.4. The van der Waals surface area contributed by atoms with Gasteiger partial charge in [0.15, 0.2) is 0 Å². The molecule has 1 rings (SSSR count). The molecule has 1 atom stereocenters. The molecule has 1 aromatic rings. The lowest BCUT2D eigenvalue weighted by molar-refractivity contribution is 0.200. The maximum absolute atomic E-state index is 6.03. The third-order valence-electron chi connectivity index (χ3n) is 3.61. The van der Waals surface area contributed by atoms with Crippen LogP contribution >= 0.6 is 0 Å². The van der Waals surface area contributed by atoms with Gasteiger partial charge in [-0.25, -0.2) is 0 Å². The molecule has 0 heterocycles. The fraction of sp³-hybridized carbons (Fsp3) is 0.529. The molecule has 2 N–H and O–H groups in total. The molecule has 1 unspecified atom stereocenters. The van der Waals surface area contributed by atoms with Crippen LogP contribution in [0.5, 0.6) is 0 Å². The Morgan fingerprint density at radius 2 is 1.95 bits per heavy atom. The van der Waals surface area contributed by atoms with Crippen LogP contribution in [0.15, 0.2) is 43.1 Å². The van der Waals surface area contributed by atoms with Crippen molar-refractivity contribution >= 4 is 8.56 Å². The Bertz CT molecular complexity index is 403. The van der Waals surface area contributed by atoms with Crippen molar-refractivity contribution in [3.05, 3.63) is 48.7 Å². The highest BCUT2D eigenvalue weighted by atomic mass is 28.4. The van der Waals surface area contributed by atoms with Gasteiger partial charge < -0.3 is 19.5 Å². The Balaban J connectivity index is 2.09. The van der Waals surface area contributed by atoms with E-state index in [2.05, 4.69) is 48.0 Å². The third kappa shape index (κ3) is 8.34. The van der Waals surface area contributed by atoms with E-state index in [-0.39, 0.29) is 0 Å². The average Bonchev–Trinajstić information content (AvgIpc) is 2.56. The molecule has 5 heteroatoms. The molecule has 22 heavy (non-hydrogen) atoms. The number of hydrogen-bond acceptors (Lipinski definition) is 4. The van der Waals surface area contributed by atoms with E-state index in [0.717, 1.165) is 45.1 Å². The largest absolute Gasteiger partial charge is 0.398 e. The number of rotatable bonds is 13. The first kappa shape index (κ1) is 18.9. The Labute approximate surface area is 136 Å². The maximum Gasteiger partial charge on any atom is 0.334 e. The zero-order chi connectivity index (χ0) is 16.1. The fourth-order valence-corrected chi connectivity index (χ4v) is 4.02. The highest BCUT2D eigenvalue weighted by Gasteiger charge is 2.29. The van der Waals surface area contributed by atoms with E-state index in [9.17, 15) is 0 Å². The first-order valence-electron chi connectivity index (χ1n) is 7.98. The second-order valence-corrected chi connectivity index (χ2v) is 8.93. The average molecular weight is 323 g/mol. The SMILES string of the molecule is C=CNCCC[Si](C)(OC)OCCCNCc1ccccc1. The Morgan fingerprint density at radius 1 is 1.18 bits per heavy atom. The van der Waals surface area contributed by atoms with E-state index in [1.807, 2.05) is 6.07 Å². The quantitative estimate of drug-likeness (QED) is 0.433. The van der Waals surface area contributed by atoms with Crippen LogP contribution in [0.2, 0.25) is 12.6 Å². The monoisotopic (exact) mass is 322 g/mol. The molecule has 0 aliphatic heterocycles. The van der Waals surface area contributed by atoms with Gasteiger partial charge in [-0.3, -0.25) is 0 Å². The van der Waals surface area contributed by atoms with Crippen molar-refractivity contribution in [3.63, 3.8) is 0 Å². The van der Waals surface area contributed by atoms with Crippen LogP contribution in [0.25, 0.3) is 0 Å². The molecule has 0 aliphatic carbocycles. The van der Waals surface area contributed by atoms with Gasteiger partial charge in [-0.05, 0) is 43.7 Å². The van der Waals surface area contributed by atoms with Crippen LogP contribution in [0.1, 0.15) is 18.4 Å². The Kier molecular flexibility index (Phi) is 9.82. The molecule has 0 bridgehead atoms. The zero-order valence-corrected chi connectivity index (χ0v) is 14.9. The summed E-state index contributed by atoms with van der Waals surface area (Å²) in [7, 11) is -0.235. The number of hydrogen-bond donors (Lipinski definition) is 2. The van der Waals surface area contributed by atoms with Crippen LogP contribution in [0.4, 0.5) is 0 Å². The van der Waals surface area contributed by atoms with E-state index in [1.165, 1.54) is 5.56 Å². The summed E-state index contributed by atoms with van der Waals surface area (Å²) in [5, 5.41) is 6.55. The van der Waals surface area contributed by atoms with Gasteiger partial charge in [0.05, 0.1) is 0 Å². The van der Waals surface area contributed by atoms with E-state index in [1.54, 1.807) is 13.3 Å². The molecule has 0 fully saturated rings. The van der Waals surface area contributed by atoms with Gasteiger partial charge in [0.25, 0.3) is 0 Å². The minimum Gasteiger partial charge on any atom is -0.398 e. The van der Waals surface area contributed by atoms with Crippen LogP contribution in [0, 0.1) is 0 Å². The lowest BCUT2D eigenvalue weighted by atomic mass is 10.2. The molecule has 0 saturated carbocycles. The summed E-state index contributed by atoms with van der Waals surface area (Å²) in [6.07, 6.45) is 3.78. The highest BCUT2D eigenvalue weighted by molar-refractivity contribution is 6.65. The molecule has 4 nitrogen and oxygen atoms in total. The van der Waals surface area contributed by atoms with Crippen molar-refractivity contribution in [1.29, 1.82) is 0 Å². The molecule has 0 amide bonds. The fourth-order valence-electron chi connectivity index (χ4n) is 2.16. The summed E-state index contributed by atoms with van der Waals surface area (Å²) in [5.74, 6) is 0. The summed E-state index contributed by atoms with van der Waals surface area (Å²) >= 11 is 0. The maximum atomic E-state index is 6.03. The van der Waals surface area contributed by atoms with Crippen LogP contribution in [0.3, 0.4) is 0 Å². The van der Waals surface area contributed by atoms with Crippen molar-refractivity contribution in [3.8, 4) is 0 Å². The second-order valence-electron chi connectivity index (χ2n) is 5.46. The number of nitrogens with one attached hydrogen (secondary N) is 2. The highest BCUT2D eigenvalue weighted by Crippen LogP contribution is 2.14. The van der Waals surface area contributed by atoms with Crippen molar-refractivity contribution in [2.24, 2.45) is 0 Å². The smallest absolute Gasteiger partial charge is 0.334 e. The Morgan fingerprint density at radius 3 is 2.64 bits per heavy atom. The molecule has 0 aliphatic rings. The van der Waals surface area contributed by atoms with E-state index in [0.29, 0.717) is 0 Å².